The van der Waals surface area contributed by atoms with Crippen molar-refractivity contribution in [2.45, 2.75) is 80.7 Å². The van der Waals surface area contributed by atoms with Gasteiger partial charge in [0, 0.05) is 29.6 Å². The molecular formula is C28H31F5N4O3S. The molecular weight excluding hydrogens is 567 g/mol. The van der Waals surface area contributed by atoms with E-state index in [2.05, 4.69) is 15.6 Å². The Morgan fingerprint density at radius 3 is 2.24 bits per heavy atom. The van der Waals surface area contributed by atoms with Gasteiger partial charge < -0.3 is 10.6 Å². The van der Waals surface area contributed by atoms with E-state index in [0.717, 1.165) is 0 Å². The molecule has 4 aliphatic rings. The Hall–Kier alpha value is -3.06. The van der Waals surface area contributed by atoms with Gasteiger partial charge in [0.1, 0.15) is 5.84 Å². The van der Waals surface area contributed by atoms with E-state index in [1.807, 2.05) is 0 Å². The number of carbonyl (C=O) groups excluding carboxylic acids is 1. The maximum atomic E-state index is 13.8. The van der Waals surface area contributed by atoms with E-state index in [-0.39, 0.29) is 17.0 Å². The highest BCUT2D eigenvalue weighted by Crippen LogP contribution is 2.71. The smallest absolute Gasteiger partial charge is 0.366 e. The fourth-order valence-corrected chi connectivity index (χ4v) is 7.97. The summed E-state index contributed by atoms with van der Waals surface area (Å²) >= 11 is 0. The molecule has 0 radical (unpaired) electrons. The van der Waals surface area contributed by atoms with Crippen molar-refractivity contribution in [1.82, 2.24) is 14.9 Å². The summed E-state index contributed by atoms with van der Waals surface area (Å²) in [6, 6.07) is 12.6. The number of aliphatic imine (C=N–C) groups is 1. The molecule has 3 aliphatic carbocycles. The van der Waals surface area contributed by atoms with Crippen molar-refractivity contribution in [1.29, 1.82) is 0 Å². The number of hydrogen-bond acceptors (Lipinski definition) is 5. The lowest BCUT2D eigenvalue weighted by molar-refractivity contribution is -0.151. The maximum absolute atomic E-state index is 13.8. The van der Waals surface area contributed by atoms with Gasteiger partial charge in [0.25, 0.3) is 6.43 Å². The molecule has 1 heterocycles. The number of halogens is 5. The predicted octanol–water partition coefficient (Wildman–Crippen LogP) is 4.96. The minimum Gasteiger partial charge on any atom is -0.366 e. The molecule has 0 spiro atoms. The zero-order chi connectivity index (χ0) is 29.8. The summed E-state index contributed by atoms with van der Waals surface area (Å²) in [7, 11) is -3.96. The van der Waals surface area contributed by atoms with Crippen molar-refractivity contribution in [3.63, 3.8) is 0 Å². The third kappa shape index (κ3) is 5.45. The second kappa shape index (κ2) is 10.0. The lowest BCUT2D eigenvalue weighted by atomic mass is 9.38. The van der Waals surface area contributed by atoms with Gasteiger partial charge in [-0.1, -0.05) is 42.5 Å². The Balaban J connectivity index is 1.35. The van der Waals surface area contributed by atoms with Crippen LogP contribution in [0.5, 0.6) is 0 Å². The van der Waals surface area contributed by atoms with Crippen molar-refractivity contribution in [2.24, 2.45) is 10.4 Å². The van der Waals surface area contributed by atoms with Gasteiger partial charge >= 0.3 is 6.18 Å². The van der Waals surface area contributed by atoms with Crippen LogP contribution in [0.2, 0.25) is 0 Å². The molecule has 0 aromatic heterocycles. The van der Waals surface area contributed by atoms with Gasteiger partial charge in [0.2, 0.25) is 15.9 Å². The molecule has 3 saturated carbocycles. The number of carbonyl (C=O) groups is 1. The Morgan fingerprint density at radius 2 is 1.68 bits per heavy atom. The number of hydrogen-bond donors (Lipinski definition) is 2. The summed E-state index contributed by atoms with van der Waals surface area (Å²) in [5.41, 5.74) is -1.64. The second-order valence-corrected chi connectivity index (χ2v) is 13.6. The molecule has 0 unspecified atom stereocenters. The SMILES string of the molecule is CC1(C)NC(C23CC(N(Cc4ccc(C(F)F)cc4)S(=O)(=O)c4ccccc4)(C2)C3)=N[C@H]1C(=O)NCCC(F)(F)F. The van der Waals surface area contributed by atoms with Crippen LogP contribution in [0.15, 0.2) is 64.5 Å². The van der Waals surface area contributed by atoms with Crippen LogP contribution in [0, 0.1) is 5.41 Å². The topological polar surface area (TPSA) is 90.9 Å². The lowest BCUT2D eigenvalue weighted by Gasteiger charge is -2.73. The highest BCUT2D eigenvalue weighted by atomic mass is 32.2. The summed E-state index contributed by atoms with van der Waals surface area (Å²) in [4.78, 5) is 17.4. The number of alkyl halides is 5. The molecule has 7 nitrogen and oxygen atoms in total. The first-order valence-electron chi connectivity index (χ1n) is 13.2. The quantitative estimate of drug-likeness (QED) is 0.379. The van der Waals surface area contributed by atoms with Crippen LogP contribution < -0.4 is 10.6 Å². The molecule has 0 saturated heterocycles. The van der Waals surface area contributed by atoms with Crippen LogP contribution in [0.1, 0.15) is 57.1 Å². The molecule has 1 aliphatic heterocycles. The van der Waals surface area contributed by atoms with E-state index in [1.54, 1.807) is 32.0 Å². The van der Waals surface area contributed by atoms with E-state index in [0.29, 0.717) is 30.7 Å². The normalized spacial score (nSPS) is 26.7. The predicted molar refractivity (Wildman–Crippen MR) is 142 cm³/mol. The van der Waals surface area contributed by atoms with Crippen LogP contribution in [0.25, 0.3) is 0 Å². The first kappa shape index (κ1) is 29.4. The monoisotopic (exact) mass is 598 g/mol. The minimum atomic E-state index is -4.39. The van der Waals surface area contributed by atoms with Gasteiger partial charge in [-0.2, -0.15) is 17.5 Å². The zero-order valence-electron chi connectivity index (χ0n) is 22.5. The van der Waals surface area contributed by atoms with Crippen LogP contribution in [0.4, 0.5) is 22.0 Å². The molecule has 1 amide bonds. The largest absolute Gasteiger partial charge is 0.390 e. The second-order valence-electron chi connectivity index (χ2n) is 11.8. The van der Waals surface area contributed by atoms with Gasteiger partial charge in [-0.15, -0.1) is 0 Å². The first-order valence-corrected chi connectivity index (χ1v) is 14.7. The van der Waals surface area contributed by atoms with Crippen LogP contribution >= 0.6 is 0 Å². The van der Waals surface area contributed by atoms with E-state index < -0.39 is 64.0 Å². The minimum absolute atomic E-state index is 0.00748. The van der Waals surface area contributed by atoms with Gasteiger partial charge in [-0.3, -0.25) is 9.79 Å². The Kier molecular flexibility index (Phi) is 7.21. The van der Waals surface area contributed by atoms with Crippen molar-refractivity contribution in [3.05, 3.63) is 65.7 Å². The van der Waals surface area contributed by atoms with Crippen LogP contribution in [-0.2, 0) is 21.4 Å². The van der Waals surface area contributed by atoms with Gasteiger partial charge in [-0.05, 0) is 50.8 Å². The van der Waals surface area contributed by atoms with E-state index in [1.165, 1.54) is 40.7 Å². The van der Waals surface area contributed by atoms with E-state index >= 15 is 0 Å². The highest BCUT2D eigenvalue weighted by Gasteiger charge is 2.75. The van der Waals surface area contributed by atoms with Gasteiger partial charge in [0.15, 0.2) is 6.04 Å². The fraction of sp³-hybridized carbons (Fsp3) is 0.500. The molecule has 2 bridgehead atoms. The lowest BCUT2D eigenvalue weighted by Crippen LogP contribution is -2.78. The molecule has 222 valence electrons. The Labute approximate surface area is 235 Å². The van der Waals surface area contributed by atoms with Crippen molar-refractivity contribution in [2.75, 3.05) is 6.54 Å². The zero-order valence-corrected chi connectivity index (χ0v) is 23.3. The summed E-state index contributed by atoms with van der Waals surface area (Å²) in [5, 5.41) is 5.59. The van der Waals surface area contributed by atoms with Crippen molar-refractivity contribution in [3.8, 4) is 0 Å². The summed E-state index contributed by atoms with van der Waals surface area (Å²) in [5.74, 6) is -0.0534. The molecule has 13 heteroatoms. The number of nitrogens with zero attached hydrogens (tertiary/aromatic N) is 2. The third-order valence-corrected chi connectivity index (χ3v) is 10.2. The summed E-state index contributed by atoms with van der Waals surface area (Å²) in [6.07, 6.45) is -6.85. The van der Waals surface area contributed by atoms with Crippen molar-refractivity contribution < 1.29 is 35.2 Å². The number of rotatable bonds is 10. The number of amidine groups is 1. The average Bonchev–Trinajstić information content (AvgIpc) is 3.16. The summed E-state index contributed by atoms with van der Waals surface area (Å²) in [6.45, 7) is 2.94. The molecule has 2 aromatic carbocycles. The van der Waals surface area contributed by atoms with Crippen LogP contribution in [0.3, 0.4) is 0 Å². The molecule has 1 atom stereocenters. The Morgan fingerprint density at radius 1 is 1.07 bits per heavy atom. The highest BCUT2D eigenvalue weighted by molar-refractivity contribution is 7.89. The Bertz CT molecular complexity index is 1420. The molecule has 2 N–H and O–H groups in total. The number of nitrogens with one attached hydrogen (secondary N) is 2. The standard InChI is InChI=1S/C28H31F5N4O3S/c1-25(2)21(23(38)34-13-12-28(31,32)33)35-24(36-25)26-15-27(16-26,17-26)37(41(39,40)20-6-4-3-5-7-20)14-18-8-10-19(11-9-18)22(29)30/h3-11,21-22H,12-17H2,1-2H3,(H,34,38)(H,35,36)/t21-,26?,27?/m0/s1. The average molecular weight is 599 g/mol. The maximum Gasteiger partial charge on any atom is 0.390 e. The number of benzene rings is 2. The van der Waals surface area contributed by atoms with Crippen molar-refractivity contribution >= 4 is 21.8 Å². The van der Waals surface area contributed by atoms with E-state index in [9.17, 15) is 35.2 Å². The molecule has 2 aromatic rings. The fourth-order valence-electron chi connectivity index (χ4n) is 6.19. The van der Waals surface area contributed by atoms with E-state index in [4.69, 9.17) is 0 Å². The first-order chi connectivity index (χ1) is 19.1. The summed E-state index contributed by atoms with van der Waals surface area (Å²) < 4.78 is 92.8. The number of sulfonamides is 1. The van der Waals surface area contributed by atoms with Gasteiger partial charge in [-0.25, -0.2) is 17.2 Å². The molecule has 6 rings (SSSR count). The molecule has 3 fully saturated rings. The van der Waals surface area contributed by atoms with Crippen LogP contribution in [-0.4, -0.2) is 54.3 Å². The number of amides is 1. The molecule has 41 heavy (non-hydrogen) atoms. The van der Waals surface area contributed by atoms with Gasteiger partial charge in [0.05, 0.1) is 16.9 Å². The third-order valence-electron chi connectivity index (χ3n) is 8.26.